The number of aliphatic hydroxyl groups is 1. The Kier molecular flexibility index (Phi) is 4.18. The van der Waals surface area contributed by atoms with Crippen LogP contribution in [0.4, 0.5) is 4.39 Å². The van der Waals surface area contributed by atoms with E-state index >= 15 is 0 Å². The highest BCUT2D eigenvalue weighted by Gasteiger charge is 2.14. The van der Waals surface area contributed by atoms with Crippen LogP contribution >= 0.6 is 0 Å². The molecule has 0 saturated heterocycles. The van der Waals surface area contributed by atoms with Crippen molar-refractivity contribution in [3.8, 4) is 0 Å². The van der Waals surface area contributed by atoms with Crippen LogP contribution in [0.15, 0.2) is 48.4 Å². The summed E-state index contributed by atoms with van der Waals surface area (Å²) in [6.07, 6.45) is 2.46. The van der Waals surface area contributed by atoms with Crippen molar-refractivity contribution in [1.29, 1.82) is 0 Å². The van der Waals surface area contributed by atoms with Gasteiger partial charge in [-0.15, -0.1) is 0 Å². The van der Waals surface area contributed by atoms with Crippen molar-refractivity contribution >= 4 is 11.8 Å². The van der Waals surface area contributed by atoms with Gasteiger partial charge in [-0.3, -0.25) is 4.79 Å². The molecular formula is C15H12FNO4. The zero-order valence-electron chi connectivity index (χ0n) is 10.8. The molecule has 0 aliphatic carbocycles. The molecule has 0 fully saturated rings. The number of allylic oxidation sites excluding steroid dienone is 1. The predicted octanol–water partition coefficient (Wildman–Crippen LogP) is 2.45. The zero-order valence-corrected chi connectivity index (χ0v) is 10.8. The van der Waals surface area contributed by atoms with Crippen LogP contribution in [0.3, 0.4) is 0 Å². The third kappa shape index (κ3) is 3.56. The minimum atomic E-state index is -1.58. The van der Waals surface area contributed by atoms with Gasteiger partial charge in [-0.25, -0.2) is 9.18 Å². The number of ketones is 1. The van der Waals surface area contributed by atoms with E-state index in [2.05, 4.69) is 4.98 Å². The van der Waals surface area contributed by atoms with E-state index in [0.29, 0.717) is 23.6 Å². The van der Waals surface area contributed by atoms with Gasteiger partial charge in [-0.2, -0.15) is 0 Å². The van der Waals surface area contributed by atoms with Crippen LogP contribution in [0.1, 0.15) is 21.6 Å². The van der Waals surface area contributed by atoms with E-state index in [1.54, 1.807) is 18.2 Å². The maximum Gasteiger partial charge on any atom is 0.371 e. The van der Waals surface area contributed by atoms with Crippen LogP contribution in [0.25, 0.3) is 0 Å². The fourth-order valence-corrected chi connectivity index (χ4v) is 1.90. The number of hydrogen-bond donors (Lipinski definition) is 3. The van der Waals surface area contributed by atoms with Gasteiger partial charge in [0.25, 0.3) is 0 Å². The number of aromatic amines is 1. The van der Waals surface area contributed by atoms with E-state index < -0.39 is 17.5 Å². The van der Waals surface area contributed by atoms with Gasteiger partial charge in [0.05, 0.1) is 5.69 Å². The van der Waals surface area contributed by atoms with Gasteiger partial charge in [0, 0.05) is 12.3 Å². The van der Waals surface area contributed by atoms with Gasteiger partial charge >= 0.3 is 5.97 Å². The number of carboxylic acid groups (broad SMARTS) is 1. The van der Waals surface area contributed by atoms with Crippen molar-refractivity contribution in [2.45, 2.75) is 6.42 Å². The van der Waals surface area contributed by atoms with Crippen LogP contribution in [0.5, 0.6) is 0 Å². The lowest BCUT2D eigenvalue weighted by atomic mass is 10.0. The molecule has 0 aliphatic rings. The summed E-state index contributed by atoms with van der Waals surface area (Å²) in [4.78, 5) is 25.1. The second-order valence-electron chi connectivity index (χ2n) is 4.38. The highest BCUT2D eigenvalue weighted by molar-refractivity contribution is 6.07. The molecule has 2 rings (SSSR count). The molecule has 0 radical (unpaired) electrons. The first-order chi connectivity index (χ1) is 9.97. The average molecular weight is 289 g/mol. The lowest BCUT2D eigenvalue weighted by molar-refractivity contribution is -0.135. The molecule has 3 N–H and O–H groups in total. The number of benzene rings is 1. The summed E-state index contributed by atoms with van der Waals surface area (Å²) in [6.45, 7) is 0. The predicted molar refractivity (Wildman–Crippen MR) is 72.7 cm³/mol. The van der Waals surface area contributed by atoms with Gasteiger partial charge in [0.1, 0.15) is 5.82 Å². The highest BCUT2D eigenvalue weighted by Crippen LogP contribution is 2.15. The largest absolute Gasteiger partial charge is 0.502 e. The first kappa shape index (κ1) is 14.5. The van der Waals surface area contributed by atoms with E-state index in [0.717, 1.165) is 0 Å². The van der Waals surface area contributed by atoms with E-state index in [9.17, 15) is 14.0 Å². The second-order valence-corrected chi connectivity index (χ2v) is 4.38. The Hall–Kier alpha value is -2.89. The molecule has 0 unspecified atom stereocenters. The molecule has 0 bridgehead atoms. The van der Waals surface area contributed by atoms with Gasteiger partial charge in [-0.1, -0.05) is 12.1 Å². The minimum absolute atomic E-state index is 0.159. The van der Waals surface area contributed by atoms with E-state index in [4.69, 9.17) is 10.2 Å². The number of aromatic nitrogens is 1. The average Bonchev–Trinajstić information content (AvgIpc) is 2.86. The molecule has 2 aromatic rings. The normalized spacial score (nSPS) is 11.4. The number of nitrogens with one attached hydrogen (secondary N) is 1. The summed E-state index contributed by atoms with van der Waals surface area (Å²) < 4.78 is 13.1. The molecule has 1 aromatic heterocycles. The summed E-state index contributed by atoms with van der Waals surface area (Å²) in [7, 11) is 0. The molecule has 1 aromatic carbocycles. The Bertz CT molecular complexity index is 718. The van der Waals surface area contributed by atoms with Crippen molar-refractivity contribution in [2.24, 2.45) is 0 Å². The number of aliphatic carboxylic acids is 1. The first-order valence-corrected chi connectivity index (χ1v) is 6.06. The topological polar surface area (TPSA) is 90.4 Å². The molecular weight excluding hydrogens is 277 g/mol. The lowest BCUT2D eigenvalue weighted by Crippen LogP contribution is -2.06. The summed E-state index contributed by atoms with van der Waals surface area (Å²) in [5.41, 5.74) is 1.42. The van der Waals surface area contributed by atoms with Crippen LogP contribution < -0.4 is 0 Å². The number of halogens is 1. The van der Waals surface area contributed by atoms with Crippen LogP contribution in [0.2, 0.25) is 0 Å². The third-order valence-corrected chi connectivity index (χ3v) is 2.85. The van der Waals surface area contributed by atoms with Crippen molar-refractivity contribution in [1.82, 2.24) is 4.98 Å². The fraction of sp³-hybridized carbons (Fsp3) is 0.0667. The quantitative estimate of drug-likeness (QED) is 0.448. The van der Waals surface area contributed by atoms with Gasteiger partial charge in [0.15, 0.2) is 0 Å². The van der Waals surface area contributed by atoms with Gasteiger partial charge < -0.3 is 15.2 Å². The number of aliphatic hydroxyl groups excluding tert-OH is 1. The Morgan fingerprint density at radius 2 is 2.00 bits per heavy atom. The molecule has 6 heteroatoms. The van der Waals surface area contributed by atoms with E-state index in [-0.39, 0.29) is 11.5 Å². The van der Waals surface area contributed by atoms with Crippen molar-refractivity contribution in [2.75, 3.05) is 0 Å². The summed E-state index contributed by atoms with van der Waals surface area (Å²) in [5, 5.41) is 17.6. The number of rotatable bonds is 5. The smallest absolute Gasteiger partial charge is 0.371 e. The number of H-pyrrole nitrogens is 1. The van der Waals surface area contributed by atoms with E-state index in [1.807, 2.05) is 0 Å². The number of hydrogen-bond acceptors (Lipinski definition) is 3. The first-order valence-electron chi connectivity index (χ1n) is 6.06. The molecule has 0 atom stereocenters. The second kappa shape index (κ2) is 6.04. The minimum Gasteiger partial charge on any atom is -0.502 e. The number of carboxylic acids is 1. The Labute approximate surface area is 119 Å². The Morgan fingerprint density at radius 1 is 1.24 bits per heavy atom. The van der Waals surface area contributed by atoms with Crippen LogP contribution in [0, 0.1) is 5.82 Å². The maximum absolute atomic E-state index is 13.1. The van der Waals surface area contributed by atoms with E-state index in [1.165, 1.54) is 18.3 Å². The van der Waals surface area contributed by atoms with Crippen molar-refractivity contribution in [3.63, 3.8) is 0 Å². The van der Waals surface area contributed by atoms with Crippen LogP contribution in [-0.4, -0.2) is 26.9 Å². The third-order valence-electron chi connectivity index (χ3n) is 2.85. The zero-order chi connectivity index (χ0) is 15.4. The summed E-state index contributed by atoms with van der Waals surface area (Å²) >= 11 is 0. The van der Waals surface area contributed by atoms with Gasteiger partial charge in [-0.05, 0) is 35.7 Å². The molecule has 5 nitrogen and oxygen atoms in total. The Morgan fingerprint density at radius 3 is 2.67 bits per heavy atom. The highest BCUT2D eigenvalue weighted by atomic mass is 19.1. The molecule has 108 valence electrons. The summed E-state index contributed by atoms with van der Waals surface area (Å²) in [6, 6.07) is 7.60. The molecule has 1 heterocycles. The standard InChI is InChI=1S/C15H12FNO4/c16-11-3-1-2-9(7-11)6-10-4-5-17-14(10)12(18)8-13(19)15(20)21/h1-5,7-8,17,19H,6H2,(H,20,21). The monoisotopic (exact) mass is 289 g/mol. The maximum atomic E-state index is 13.1. The van der Waals surface area contributed by atoms with Crippen molar-refractivity contribution < 1.29 is 24.2 Å². The lowest BCUT2D eigenvalue weighted by Gasteiger charge is -2.02. The molecule has 0 amide bonds. The SMILES string of the molecule is O=C(O)C(O)=CC(=O)c1[nH]ccc1Cc1cccc(F)c1. The number of carbonyl (C=O) groups excluding carboxylic acids is 1. The molecule has 21 heavy (non-hydrogen) atoms. The molecule has 0 saturated carbocycles. The molecule has 0 spiro atoms. The Balaban J connectivity index is 2.25. The number of carbonyl (C=O) groups is 2. The molecule has 0 aliphatic heterocycles. The summed E-state index contributed by atoms with van der Waals surface area (Å²) in [5.74, 6) is -3.65. The van der Waals surface area contributed by atoms with Crippen molar-refractivity contribution in [3.05, 3.63) is 71.0 Å². The van der Waals surface area contributed by atoms with Gasteiger partial charge in [0.2, 0.25) is 11.5 Å². The fourth-order valence-electron chi connectivity index (χ4n) is 1.90. The van der Waals surface area contributed by atoms with Crippen LogP contribution in [-0.2, 0) is 11.2 Å².